The van der Waals surface area contributed by atoms with Crippen molar-refractivity contribution in [3.63, 3.8) is 0 Å². The van der Waals surface area contributed by atoms with Crippen molar-refractivity contribution >= 4 is 5.97 Å². The topological polar surface area (TPSA) is 77.8 Å². The van der Waals surface area contributed by atoms with Gasteiger partial charge in [-0.05, 0) is 6.42 Å². The van der Waals surface area contributed by atoms with Crippen LogP contribution in [0.4, 0.5) is 0 Å². The largest absolute Gasteiger partial charge is 0.481 e. The van der Waals surface area contributed by atoms with Crippen molar-refractivity contribution in [1.82, 2.24) is 0 Å². The lowest BCUT2D eigenvalue weighted by Crippen LogP contribution is -2.13. The Morgan fingerprint density at radius 3 is 2.44 bits per heavy atom. The summed E-state index contributed by atoms with van der Waals surface area (Å²) in [4.78, 5) is 9.83. The first-order chi connectivity index (χ1) is 4.16. The molecular formula is C5H10O4. The molecule has 0 aliphatic rings. The van der Waals surface area contributed by atoms with Crippen molar-refractivity contribution in [2.75, 3.05) is 6.61 Å². The Balaban J connectivity index is 3.16. The number of carbonyl (C=O) groups is 1. The van der Waals surface area contributed by atoms with Crippen molar-refractivity contribution in [2.24, 2.45) is 0 Å². The minimum absolute atomic E-state index is 0.0955. The van der Waals surface area contributed by atoms with E-state index in [1.807, 2.05) is 0 Å². The second kappa shape index (κ2) is 4.29. The minimum Gasteiger partial charge on any atom is -0.481 e. The zero-order chi connectivity index (χ0) is 7.28. The number of carboxylic acids is 1. The first kappa shape index (κ1) is 8.39. The summed E-state index contributed by atoms with van der Waals surface area (Å²) in [6.07, 6.45) is -0.866. The first-order valence-corrected chi connectivity index (χ1v) is 2.67. The van der Waals surface area contributed by atoms with Crippen molar-refractivity contribution in [3.05, 3.63) is 0 Å². The molecule has 1 unspecified atom stereocenters. The lowest BCUT2D eigenvalue weighted by Gasteiger charge is -2.01. The molecule has 0 spiro atoms. The van der Waals surface area contributed by atoms with Crippen LogP contribution in [0.2, 0.25) is 0 Å². The van der Waals surface area contributed by atoms with E-state index in [-0.39, 0.29) is 19.4 Å². The summed E-state index contributed by atoms with van der Waals surface area (Å²) in [6.45, 7) is -0.368. The number of aliphatic carboxylic acids is 1. The summed E-state index contributed by atoms with van der Waals surface area (Å²) in [5, 5.41) is 24.9. The lowest BCUT2D eigenvalue weighted by molar-refractivity contribution is -0.137. The van der Waals surface area contributed by atoms with Gasteiger partial charge in [0.15, 0.2) is 0 Å². The predicted octanol–water partition coefficient (Wildman–Crippen LogP) is -0.796. The third kappa shape index (κ3) is 5.26. The van der Waals surface area contributed by atoms with Crippen LogP contribution in [0.1, 0.15) is 12.8 Å². The monoisotopic (exact) mass is 134 g/mol. The van der Waals surface area contributed by atoms with Crippen LogP contribution in [0, 0.1) is 0 Å². The van der Waals surface area contributed by atoms with Crippen molar-refractivity contribution in [1.29, 1.82) is 0 Å². The van der Waals surface area contributed by atoms with Crippen LogP contribution in [0.5, 0.6) is 0 Å². The molecule has 1 atom stereocenters. The molecule has 0 aromatic carbocycles. The number of hydrogen-bond donors (Lipinski definition) is 3. The Hall–Kier alpha value is -0.610. The fourth-order valence-corrected chi connectivity index (χ4v) is 0.381. The molecule has 3 N–H and O–H groups in total. The van der Waals surface area contributed by atoms with Gasteiger partial charge in [0, 0.05) is 6.42 Å². The highest BCUT2D eigenvalue weighted by Gasteiger charge is 2.03. The molecule has 0 amide bonds. The normalized spacial score (nSPS) is 13.1. The molecule has 0 aromatic rings. The molecule has 0 saturated heterocycles. The highest BCUT2D eigenvalue weighted by Crippen LogP contribution is 1.94. The van der Waals surface area contributed by atoms with Gasteiger partial charge in [-0.25, -0.2) is 0 Å². The average molecular weight is 134 g/mol. The first-order valence-electron chi connectivity index (χ1n) is 2.67. The number of hydrogen-bond acceptors (Lipinski definition) is 3. The second-order valence-corrected chi connectivity index (χ2v) is 1.77. The van der Waals surface area contributed by atoms with Gasteiger partial charge in [0.1, 0.15) is 0 Å². The molecule has 54 valence electrons. The van der Waals surface area contributed by atoms with Crippen LogP contribution < -0.4 is 0 Å². The van der Waals surface area contributed by atoms with Crippen LogP contribution in [0.25, 0.3) is 0 Å². The maximum atomic E-state index is 9.83. The Labute approximate surface area is 52.7 Å². The summed E-state index contributed by atoms with van der Waals surface area (Å²) >= 11 is 0. The Morgan fingerprint density at radius 1 is 1.56 bits per heavy atom. The fourth-order valence-electron chi connectivity index (χ4n) is 0.381. The molecule has 0 fully saturated rings. The molecule has 9 heavy (non-hydrogen) atoms. The van der Waals surface area contributed by atoms with E-state index in [0.717, 1.165) is 0 Å². The van der Waals surface area contributed by atoms with Crippen LogP contribution in [-0.2, 0) is 4.79 Å². The van der Waals surface area contributed by atoms with Gasteiger partial charge >= 0.3 is 5.97 Å². The van der Waals surface area contributed by atoms with Gasteiger partial charge in [0.25, 0.3) is 0 Å². The molecule has 0 aromatic heterocycles. The summed E-state index contributed by atoms with van der Waals surface area (Å²) < 4.78 is 0. The van der Waals surface area contributed by atoms with E-state index in [1.165, 1.54) is 0 Å². The molecule has 0 saturated carbocycles. The maximum absolute atomic E-state index is 9.83. The van der Waals surface area contributed by atoms with Crippen molar-refractivity contribution < 1.29 is 20.1 Å². The van der Waals surface area contributed by atoms with Gasteiger partial charge in [0.05, 0.1) is 12.7 Å². The van der Waals surface area contributed by atoms with Gasteiger partial charge in [-0.15, -0.1) is 0 Å². The van der Waals surface area contributed by atoms with Gasteiger partial charge < -0.3 is 15.3 Å². The highest BCUT2D eigenvalue weighted by molar-refractivity contribution is 5.66. The fraction of sp³-hybridized carbons (Fsp3) is 0.800. The van der Waals surface area contributed by atoms with Crippen molar-refractivity contribution in [2.45, 2.75) is 18.9 Å². The van der Waals surface area contributed by atoms with Gasteiger partial charge in [-0.2, -0.15) is 0 Å². The van der Waals surface area contributed by atoms with E-state index in [2.05, 4.69) is 0 Å². The van der Waals surface area contributed by atoms with Crippen LogP contribution in [-0.4, -0.2) is 34.0 Å². The van der Waals surface area contributed by atoms with E-state index in [9.17, 15) is 4.79 Å². The molecule has 0 heterocycles. The Bertz CT molecular complexity index is 91.0. The molecule has 4 nitrogen and oxygen atoms in total. The molecule has 0 aliphatic heterocycles. The minimum atomic E-state index is -0.956. The standard InChI is InChI=1S/C5H10O4/c6-3-4(7)1-2-5(8)9/h4,6-7H,1-3H2,(H,8,9). The molecule has 0 aliphatic carbocycles. The zero-order valence-corrected chi connectivity index (χ0v) is 4.95. The van der Waals surface area contributed by atoms with Crippen molar-refractivity contribution in [3.8, 4) is 0 Å². The lowest BCUT2D eigenvalue weighted by atomic mass is 10.2. The number of carboxylic acid groups (broad SMARTS) is 1. The number of aliphatic hydroxyl groups is 2. The average Bonchev–Trinajstić information content (AvgIpc) is 1.83. The SMILES string of the molecule is O=C(O)CCC(O)CO. The number of aliphatic hydroxyl groups excluding tert-OH is 2. The third-order valence-corrected chi connectivity index (χ3v) is 0.902. The van der Waals surface area contributed by atoms with Crippen LogP contribution in [0.15, 0.2) is 0 Å². The van der Waals surface area contributed by atoms with Gasteiger partial charge in [0.2, 0.25) is 0 Å². The summed E-state index contributed by atoms with van der Waals surface area (Å²) in [5.41, 5.74) is 0. The third-order valence-electron chi connectivity index (χ3n) is 0.902. The highest BCUT2D eigenvalue weighted by atomic mass is 16.4. The molecule has 0 rings (SSSR count). The van der Waals surface area contributed by atoms with E-state index in [1.54, 1.807) is 0 Å². The molecule has 0 radical (unpaired) electrons. The summed E-state index contributed by atoms with van der Waals surface area (Å²) in [7, 11) is 0. The van der Waals surface area contributed by atoms with E-state index < -0.39 is 12.1 Å². The van der Waals surface area contributed by atoms with Gasteiger partial charge in [-0.3, -0.25) is 4.79 Å². The van der Waals surface area contributed by atoms with E-state index in [4.69, 9.17) is 15.3 Å². The predicted molar refractivity (Wildman–Crippen MR) is 30.0 cm³/mol. The second-order valence-electron chi connectivity index (χ2n) is 1.77. The van der Waals surface area contributed by atoms with Crippen LogP contribution >= 0.6 is 0 Å². The molecular weight excluding hydrogens is 124 g/mol. The van der Waals surface area contributed by atoms with E-state index >= 15 is 0 Å². The summed E-state index contributed by atoms with van der Waals surface area (Å²) in [6, 6.07) is 0. The smallest absolute Gasteiger partial charge is 0.303 e. The number of rotatable bonds is 4. The maximum Gasteiger partial charge on any atom is 0.303 e. The molecule has 4 heteroatoms. The van der Waals surface area contributed by atoms with E-state index in [0.29, 0.717) is 0 Å². The quantitative estimate of drug-likeness (QED) is 0.470. The Morgan fingerprint density at radius 2 is 2.11 bits per heavy atom. The zero-order valence-electron chi connectivity index (χ0n) is 4.95. The van der Waals surface area contributed by atoms with Crippen LogP contribution in [0.3, 0.4) is 0 Å². The van der Waals surface area contributed by atoms with Gasteiger partial charge in [-0.1, -0.05) is 0 Å². The summed E-state index contributed by atoms with van der Waals surface area (Å²) in [5.74, 6) is -0.956. The molecule has 0 bridgehead atoms. The Kier molecular flexibility index (Phi) is 4.00.